The first-order valence-electron chi connectivity index (χ1n) is 5.94. The van der Waals surface area contributed by atoms with Crippen molar-refractivity contribution in [3.63, 3.8) is 0 Å². The van der Waals surface area contributed by atoms with Crippen molar-refractivity contribution >= 4 is 17.5 Å². The normalized spacial score (nSPS) is 10.3. The zero-order valence-corrected chi connectivity index (χ0v) is 11.6. The molecule has 2 rings (SSSR count). The first kappa shape index (κ1) is 14.3. The number of halogens is 2. The molecular formula is C14H13ClFN3O. The fourth-order valence-corrected chi connectivity index (χ4v) is 2.12. The maximum Gasteiger partial charge on any atom is 0.256 e. The minimum atomic E-state index is -0.349. The second kappa shape index (κ2) is 5.88. The molecule has 0 bridgehead atoms. The van der Waals surface area contributed by atoms with Gasteiger partial charge in [0.1, 0.15) is 11.0 Å². The summed E-state index contributed by atoms with van der Waals surface area (Å²) >= 11 is 6.20. The lowest BCUT2D eigenvalue weighted by Crippen LogP contribution is -2.23. The fourth-order valence-electron chi connectivity index (χ4n) is 1.76. The molecule has 0 saturated carbocycles. The lowest BCUT2D eigenvalue weighted by Gasteiger charge is -2.04. The molecule has 1 amide bonds. The second-order valence-corrected chi connectivity index (χ2v) is 4.50. The van der Waals surface area contributed by atoms with Crippen LogP contribution in [0.1, 0.15) is 16.1 Å². The van der Waals surface area contributed by atoms with Crippen LogP contribution in [-0.4, -0.2) is 22.2 Å². The van der Waals surface area contributed by atoms with Crippen molar-refractivity contribution in [3.8, 4) is 5.69 Å². The molecule has 20 heavy (non-hydrogen) atoms. The number of amides is 1. The molecule has 2 aromatic rings. The number of aryl methyl sites for hydroxylation is 1. The maximum absolute atomic E-state index is 12.9. The van der Waals surface area contributed by atoms with E-state index in [1.165, 1.54) is 16.8 Å². The number of hydrogen-bond acceptors (Lipinski definition) is 2. The van der Waals surface area contributed by atoms with Gasteiger partial charge >= 0.3 is 0 Å². The monoisotopic (exact) mass is 293 g/mol. The lowest BCUT2D eigenvalue weighted by molar-refractivity contribution is 0.0957. The summed E-state index contributed by atoms with van der Waals surface area (Å²) in [4.78, 5) is 12.0. The minimum absolute atomic E-state index is 0.190. The van der Waals surface area contributed by atoms with Crippen LogP contribution >= 0.6 is 11.6 Å². The van der Waals surface area contributed by atoms with E-state index in [0.29, 0.717) is 23.5 Å². The van der Waals surface area contributed by atoms with Gasteiger partial charge in [-0.05, 0) is 31.2 Å². The molecule has 0 spiro atoms. The summed E-state index contributed by atoms with van der Waals surface area (Å²) in [7, 11) is 0. The van der Waals surface area contributed by atoms with E-state index in [2.05, 4.69) is 17.0 Å². The molecule has 4 nitrogen and oxygen atoms in total. The Morgan fingerprint density at radius 2 is 2.15 bits per heavy atom. The highest BCUT2D eigenvalue weighted by Gasteiger charge is 2.20. The van der Waals surface area contributed by atoms with E-state index in [1.807, 2.05) is 0 Å². The number of rotatable bonds is 4. The van der Waals surface area contributed by atoms with E-state index in [9.17, 15) is 9.18 Å². The largest absolute Gasteiger partial charge is 0.348 e. The van der Waals surface area contributed by atoms with E-state index in [1.54, 1.807) is 25.1 Å². The van der Waals surface area contributed by atoms with Gasteiger partial charge in [0.25, 0.3) is 5.91 Å². The van der Waals surface area contributed by atoms with Gasteiger partial charge in [-0.1, -0.05) is 17.7 Å². The van der Waals surface area contributed by atoms with E-state index in [0.717, 1.165) is 0 Å². The lowest BCUT2D eigenvalue weighted by atomic mass is 10.2. The van der Waals surface area contributed by atoms with Crippen LogP contribution < -0.4 is 5.32 Å². The third-order valence-electron chi connectivity index (χ3n) is 2.71. The highest BCUT2D eigenvalue weighted by Crippen LogP contribution is 2.23. The zero-order valence-electron chi connectivity index (χ0n) is 10.9. The Morgan fingerprint density at radius 3 is 2.75 bits per heavy atom. The fraction of sp³-hybridized carbons (Fsp3) is 0.143. The number of nitrogens with one attached hydrogen (secondary N) is 1. The van der Waals surface area contributed by atoms with Crippen LogP contribution in [0.2, 0.25) is 5.15 Å². The predicted molar refractivity (Wildman–Crippen MR) is 75.8 cm³/mol. The van der Waals surface area contributed by atoms with E-state index in [4.69, 9.17) is 11.6 Å². The summed E-state index contributed by atoms with van der Waals surface area (Å²) in [6, 6.07) is 5.69. The topological polar surface area (TPSA) is 46.9 Å². The smallest absolute Gasteiger partial charge is 0.256 e. The molecule has 104 valence electrons. The molecule has 0 unspecified atom stereocenters. The number of hydrogen-bond donors (Lipinski definition) is 1. The Bertz CT molecular complexity index is 649. The highest BCUT2D eigenvalue weighted by atomic mass is 35.5. The number of carbonyl (C=O) groups excluding carboxylic acids is 1. The van der Waals surface area contributed by atoms with E-state index >= 15 is 0 Å². The third kappa shape index (κ3) is 2.72. The first-order chi connectivity index (χ1) is 9.54. The molecule has 0 atom stereocenters. The second-order valence-electron chi connectivity index (χ2n) is 4.14. The van der Waals surface area contributed by atoms with Gasteiger partial charge < -0.3 is 5.32 Å². The Balaban J connectivity index is 2.40. The van der Waals surface area contributed by atoms with Crippen LogP contribution in [0.25, 0.3) is 5.69 Å². The summed E-state index contributed by atoms with van der Waals surface area (Å²) in [6.07, 6.45) is 1.57. The van der Waals surface area contributed by atoms with Gasteiger partial charge in [0.05, 0.1) is 16.9 Å². The number of aromatic nitrogens is 2. The van der Waals surface area contributed by atoms with Crippen molar-refractivity contribution in [2.45, 2.75) is 6.92 Å². The molecule has 0 radical (unpaired) electrons. The van der Waals surface area contributed by atoms with Gasteiger partial charge in [-0.25, -0.2) is 9.07 Å². The molecule has 1 aromatic heterocycles. The first-order valence-corrected chi connectivity index (χ1v) is 6.32. The zero-order chi connectivity index (χ0) is 14.7. The number of nitrogens with zero attached hydrogens (tertiary/aromatic N) is 2. The average Bonchev–Trinajstić information content (AvgIpc) is 2.72. The van der Waals surface area contributed by atoms with E-state index < -0.39 is 0 Å². The molecule has 1 N–H and O–H groups in total. The van der Waals surface area contributed by atoms with Crippen LogP contribution in [0.4, 0.5) is 4.39 Å². The van der Waals surface area contributed by atoms with Gasteiger partial charge in [-0.3, -0.25) is 4.79 Å². The molecule has 1 aromatic carbocycles. The SMILES string of the molecule is C=CCNC(=O)c1c(C)nn(-c2ccc(F)cc2)c1Cl. The van der Waals surface area contributed by atoms with Gasteiger partial charge in [0, 0.05) is 6.54 Å². The van der Waals surface area contributed by atoms with Crippen molar-refractivity contribution in [1.29, 1.82) is 0 Å². The van der Waals surface area contributed by atoms with Gasteiger partial charge in [-0.2, -0.15) is 5.10 Å². The molecule has 6 heteroatoms. The Labute approximate surface area is 120 Å². The number of benzene rings is 1. The van der Waals surface area contributed by atoms with Crippen LogP contribution in [0, 0.1) is 12.7 Å². The van der Waals surface area contributed by atoms with Gasteiger partial charge in [0.2, 0.25) is 0 Å². The van der Waals surface area contributed by atoms with Crippen LogP contribution in [0.3, 0.4) is 0 Å². The standard InChI is InChI=1S/C14H13ClFN3O/c1-3-8-17-14(20)12-9(2)18-19(13(12)15)11-6-4-10(16)5-7-11/h3-7H,1,8H2,2H3,(H,17,20). The van der Waals surface area contributed by atoms with Gasteiger partial charge in [0.15, 0.2) is 0 Å². The summed E-state index contributed by atoms with van der Waals surface area (Å²) in [5, 5.41) is 7.05. The maximum atomic E-state index is 12.9. The highest BCUT2D eigenvalue weighted by molar-refractivity contribution is 6.33. The van der Waals surface area contributed by atoms with Gasteiger partial charge in [-0.15, -0.1) is 6.58 Å². The van der Waals surface area contributed by atoms with E-state index in [-0.39, 0.29) is 16.9 Å². The van der Waals surface area contributed by atoms with Crippen LogP contribution in [-0.2, 0) is 0 Å². The Kier molecular flexibility index (Phi) is 4.20. The average molecular weight is 294 g/mol. The van der Waals surface area contributed by atoms with Crippen LogP contribution in [0.5, 0.6) is 0 Å². The van der Waals surface area contributed by atoms with Crippen molar-refractivity contribution < 1.29 is 9.18 Å². The predicted octanol–water partition coefficient (Wildman–Crippen LogP) is 2.89. The van der Waals surface area contributed by atoms with Crippen molar-refractivity contribution in [1.82, 2.24) is 15.1 Å². The third-order valence-corrected chi connectivity index (χ3v) is 3.06. The molecule has 0 aliphatic heterocycles. The Hall–Kier alpha value is -2.14. The molecule has 0 fully saturated rings. The van der Waals surface area contributed by atoms with Crippen molar-refractivity contribution in [2.24, 2.45) is 0 Å². The molecule has 1 heterocycles. The quantitative estimate of drug-likeness (QED) is 0.881. The summed E-state index contributed by atoms with van der Waals surface area (Å²) in [6.45, 7) is 5.56. The molecule has 0 saturated heterocycles. The molecular weight excluding hydrogens is 281 g/mol. The number of carbonyl (C=O) groups is 1. The Morgan fingerprint density at radius 1 is 1.50 bits per heavy atom. The summed E-state index contributed by atoms with van der Waals surface area (Å²) in [5.74, 6) is -0.668. The summed E-state index contributed by atoms with van der Waals surface area (Å²) < 4.78 is 14.3. The minimum Gasteiger partial charge on any atom is -0.348 e. The van der Waals surface area contributed by atoms with Crippen LogP contribution in [0.15, 0.2) is 36.9 Å². The summed E-state index contributed by atoms with van der Waals surface area (Å²) in [5.41, 5.74) is 1.39. The molecule has 0 aliphatic carbocycles. The van der Waals surface area contributed by atoms with Crippen molar-refractivity contribution in [3.05, 3.63) is 59.1 Å². The van der Waals surface area contributed by atoms with Crippen molar-refractivity contribution in [2.75, 3.05) is 6.54 Å². The molecule has 0 aliphatic rings.